The fourth-order valence-electron chi connectivity index (χ4n) is 1.53. The van der Waals surface area contributed by atoms with Crippen molar-refractivity contribution in [2.24, 2.45) is 4.99 Å². The lowest BCUT2D eigenvalue weighted by Gasteiger charge is -2.02. The summed E-state index contributed by atoms with van der Waals surface area (Å²) in [6.07, 6.45) is 1.53. The average Bonchev–Trinajstić information content (AvgIpc) is 2.32. The molecule has 0 N–H and O–H groups in total. The van der Waals surface area contributed by atoms with Gasteiger partial charge in [0, 0.05) is 0 Å². The first-order valence-corrected chi connectivity index (χ1v) is 5.04. The van der Waals surface area contributed by atoms with Crippen molar-refractivity contribution in [3.63, 3.8) is 0 Å². The lowest BCUT2D eigenvalue weighted by molar-refractivity contribution is 0.565. The van der Waals surface area contributed by atoms with Gasteiger partial charge in [-0.2, -0.15) is 4.99 Å². The molecule has 0 heterocycles. The van der Waals surface area contributed by atoms with Gasteiger partial charge in [-0.15, -0.1) is 0 Å². The highest BCUT2D eigenvalue weighted by Gasteiger charge is 1.96. The molecule has 0 amide bonds. The predicted molar refractivity (Wildman–Crippen MR) is 64.4 cm³/mol. The number of nitrogens with zero attached hydrogens (tertiary/aromatic N) is 1. The van der Waals surface area contributed by atoms with Crippen molar-refractivity contribution >= 4 is 11.8 Å². The minimum absolute atomic E-state index is 0.630. The van der Waals surface area contributed by atoms with Crippen LogP contribution < -0.4 is 0 Å². The highest BCUT2D eigenvalue weighted by Crippen LogP contribution is 2.22. The summed E-state index contributed by atoms with van der Waals surface area (Å²) < 4.78 is 0. The molecule has 78 valence electrons. The second-order valence-corrected chi connectivity index (χ2v) is 3.62. The molecule has 0 unspecified atom stereocenters. The minimum atomic E-state index is 0.630. The van der Waals surface area contributed by atoms with Crippen molar-refractivity contribution < 1.29 is 4.79 Å². The summed E-state index contributed by atoms with van der Waals surface area (Å²) in [6.45, 7) is 2.06. The Balaban J connectivity index is 2.34. The quantitative estimate of drug-likeness (QED) is 0.548. The van der Waals surface area contributed by atoms with Gasteiger partial charge in [0.2, 0.25) is 6.08 Å². The normalized spacial score (nSPS) is 9.56. The highest BCUT2D eigenvalue weighted by molar-refractivity contribution is 5.66. The molecular formula is C14H11NO. The van der Waals surface area contributed by atoms with Crippen LogP contribution in [0.5, 0.6) is 0 Å². The molecule has 2 nitrogen and oxygen atoms in total. The van der Waals surface area contributed by atoms with Crippen molar-refractivity contribution in [1.29, 1.82) is 0 Å². The Bertz CT molecular complexity index is 520. The third-order valence-corrected chi connectivity index (χ3v) is 2.43. The Labute approximate surface area is 94.3 Å². The Kier molecular flexibility index (Phi) is 2.95. The van der Waals surface area contributed by atoms with E-state index in [0.29, 0.717) is 5.69 Å². The number of aryl methyl sites for hydroxylation is 1. The van der Waals surface area contributed by atoms with Crippen LogP contribution in [0.4, 0.5) is 5.69 Å². The van der Waals surface area contributed by atoms with E-state index in [1.54, 1.807) is 12.1 Å². The number of rotatable bonds is 2. The lowest BCUT2D eigenvalue weighted by atomic mass is 10.0. The van der Waals surface area contributed by atoms with Crippen LogP contribution in [0.15, 0.2) is 53.5 Å². The van der Waals surface area contributed by atoms with Crippen LogP contribution in [0, 0.1) is 6.92 Å². The zero-order valence-corrected chi connectivity index (χ0v) is 8.97. The molecule has 0 aromatic heterocycles. The van der Waals surface area contributed by atoms with Crippen LogP contribution in [0.2, 0.25) is 0 Å². The van der Waals surface area contributed by atoms with E-state index in [2.05, 4.69) is 36.2 Å². The van der Waals surface area contributed by atoms with Crippen molar-refractivity contribution in [1.82, 2.24) is 0 Å². The number of hydrogen-bond donors (Lipinski definition) is 0. The number of aliphatic imine (C=N–C) groups is 1. The molecule has 0 fully saturated rings. The van der Waals surface area contributed by atoms with Crippen molar-refractivity contribution in [3.05, 3.63) is 54.1 Å². The molecule has 2 aromatic rings. The third-order valence-electron chi connectivity index (χ3n) is 2.43. The van der Waals surface area contributed by atoms with E-state index in [1.807, 2.05) is 12.1 Å². The second kappa shape index (κ2) is 4.56. The van der Waals surface area contributed by atoms with E-state index >= 15 is 0 Å². The lowest BCUT2D eigenvalue weighted by Crippen LogP contribution is -1.77. The topological polar surface area (TPSA) is 29.4 Å². The molecule has 2 aromatic carbocycles. The molecule has 0 aliphatic rings. The maximum absolute atomic E-state index is 10.1. The number of hydrogen-bond acceptors (Lipinski definition) is 2. The number of carbonyl (C=O) groups excluding carboxylic acids is 1. The Morgan fingerprint density at radius 1 is 0.875 bits per heavy atom. The van der Waals surface area contributed by atoms with Crippen molar-refractivity contribution in [3.8, 4) is 11.1 Å². The second-order valence-electron chi connectivity index (χ2n) is 3.62. The van der Waals surface area contributed by atoms with E-state index in [1.165, 1.54) is 11.6 Å². The maximum Gasteiger partial charge on any atom is 0.240 e. The summed E-state index contributed by atoms with van der Waals surface area (Å²) in [5.74, 6) is 0. The summed E-state index contributed by atoms with van der Waals surface area (Å²) >= 11 is 0. The summed E-state index contributed by atoms with van der Waals surface area (Å²) in [6, 6.07) is 15.8. The minimum Gasteiger partial charge on any atom is -0.211 e. The van der Waals surface area contributed by atoms with Crippen LogP contribution in [-0.4, -0.2) is 6.08 Å². The predicted octanol–water partition coefficient (Wildman–Crippen LogP) is 3.63. The molecule has 16 heavy (non-hydrogen) atoms. The van der Waals surface area contributed by atoms with Crippen LogP contribution in [-0.2, 0) is 4.79 Å². The molecule has 0 bridgehead atoms. The molecule has 2 heteroatoms. The van der Waals surface area contributed by atoms with Gasteiger partial charge < -0.3 is 0 Å². The molecule has 0 spiro atoms. The standard InChI is InChI=1S/C14H11NO/c1-11-2-4-12(5-3-11)13-6-8-14(9-7-13)15-10-16/h2-9H,1H3. The highest BCUT2D eigenvalue weighted by atomic mass is 16.1. The summed E-state index contributed by atoms with van der Waals surface area (Å²) in [7, 11) is 0. The molecular weight excluding hydrogens is 198 g/mol. The van der Waals surface area contributed by atoms with E-state index in [4.69, 9.17) is 0 Å². The zero-order chi connectivity index (χ0) is 11.4. The van der Waals surface area contributed by atoms with Gasteiger partial charge in [-0.25, -0.2) is 4.79 Å². The fraction of sp³-hybridized carbons (Fsp3) is 0.0714. The largest absolute Gasteiger partial charge is 0.240 e. The van der Waals surface area contributed by atoms with Crippen LogP contribution >= 0.6 is 0 Å². The van der Waals surface area contributed by atoms with Crippen LogP contribution in [0.3, 0.4) is 0 Å². The van der Waals surface area contributed by atoms with Gasteiger partial charge in [0.1, 0.15) is 0 Å². The Hall–Kier alpha value is -2.18. The molecule has 0 radical (unpaired) electrons. The monoisotopic (exact) mass is 209 g/mol. The number of isocyanates is 1. The smallest absolute Gasteiger partial charge is 0.211 e. The van der Waals surface area contributed by atoms with Gasteiger partial charge >= 0.3 is 0 Å². The van der Waals surface area contributed by atoms with Crippen molar-refractivity contribution in [2.45, 2.75) is 6.92 Å². The average molecular weight is 209 g/mol. The first kappa shape index (κ1) is 10.3. The van der Waals surface area contributed by atoms with Gasteiger partial charge in [0.15, 0.2) is 0 Å². The molecule has 2 rings (SSSR count). The fourth-order valence-corrected chi connectivity index (χ4v) is 1.53. The Morgan fingerprint density at radius 3 is 1.88 bits per heavy atom. The van der Waals surface area contributed by atoms with E-state index in [9.17, 15) is 4.79 Å². The van der Waals surface area contributed by atoms with Gasteiger partial charge in [-0.1, -0.05) is 42.0 Å². The summed E-state index contributed by atoms with van der Waals surface area (Å²) in [5.41, 5.74) is 4.15. The number of benzene rings is 2. The van der Waals surface area contributed by atoms with Crippen LogP contribution in [0.25, 0.3) is 11.1 Å². The SMILES string of the molecule is Cc1ccc(-c2ccc(N=C=O)cc2)cc1. The maximum atomic E-state index is 10.1. The first-order valence-electron chi connectivity index (χ1n) is 5.04. The Morgan fingerprint density at radius 2 is 1.38 bits per heavy atom. The van der Waals surface area contributed by atoms with Crippen molar-refractivity contribution in [2.75, 3.05) is 0 Å². The molecule has 0 aliphatic carbocycles. The van der Waals surface area contributed by atoms with Gasteiger partial charge in [0.05, 0.1) is 5.69 Å². The van der Waals surface area contributed by atoms with E-state index in [-0.39, 0.29) is 0 Å². The summed E-state index contributed by atoms with van der Waals surface area (Å²) in [4.78, 5) is 13.6. The first-order chi connectivity index (χ1) is 7.79. The van der Waals surface area contributed by atoms with Gasteiger partial charge in [-0.3, -0.25) is 0 Å². The molecule has 0 aliphatic heterocycles. The summed E-state index contributed by atoms with van der Waals surface area (Å²) in [5, 5.41) is 0. The van der Waals surface area contributed by atoms with E-state index in [0.717, 1.165) is 11.1 Å². The zero-order valence-electron chi connectivity index (χ0n) is 8.97. The molecule has 0 atom stereocenters. The van der Waals surface area contributed by atoms with Gasteiger partial charge in [0.25, 0.3) is 0 Å². The van der Waals surface area contributed by atoms with E-state index < -0.39 is 0 Å². The van der Waals surface area contributed by atoms with Gasteiger partial charge in [-0.05, 0) is 30.2 Å². The van der Waals surface area contributed by atoms with Crippen LogP contribution in [0.1, 0.15) is 5.56 Å². The third kappa shape index (κ3) is 2.25. The molecule has 0 saturated heterocycles. The molecule has 0 saturated carbocycles.